The summed E-state index contributed by atoms with van der Waals surface area (Å²) in [6.45, 7) is 16.7. The maximum Gasteiger partial charge on any atom is 0.254 e. The predicted octanol–water partition coefficient (Wildman–Crippen LogP) is 6.59. The number of benzene rings is 2. The lowest BCUT2D eigenvalue weighted by molar-refractivity contribution is -0.0187. The number of aromatic nitrogens is 10. The summed E-state index contributed by atoms with van der Waals surface area (Å²) in [7, 11) is 4.36. The molecule has 4 aliphatic rings. The standard InChI is InChI=1S/C51H60N16O2S2/c1-33-8-6-10-36(30-33)39-14-18-66(58-39)48-52-44-42(46(56-48)62-24-27-68-28-25-62)70-51(55-44)64-22-20-61(21-23-64)35(3)41-32-65(26-29-69-41)47-43-45(54-50(71-43)63-16-12-38(13-17-63)60(4)5)53-49(57-47)67-19-15-40(59-67)37-11-7-9-34(2)31-37/h6-11,14-15,18-19,30-31,35,38,41H,12-13,16-17,20-29,32H2,1-5H3. The second-order valence-corrected chi connectivity index (χ2v) is 21.4. The SMILES string of the molecule is Cc1cccc(-c2ccn(-c3nc(N4CCOCC4)c4sc(N5CCN(C(C)C6CN(c7nc(-n8ccc(-c9cccc(C)c9)n8)nc8nc(N9CCC(N(C)C)CC9)sc78)CCO6)CC5)nc4n3)n2)c1. The highest BCUT2D eigenvalue weighted by atomic mass is 32.1. The number of nitrogens with zero attached hydrogens (tertiary/aromatic N) is 16. The third-order valence-electron chi connectivity index (χ3n) is 14.5. The summed E-state index contributed by atoms with van der Waals surface area (Å²) in [5.74, 6) is 2.82. The van der Waals surface area contributed by atoms with Gasteiger partial charge in [-0.05, 0) is 72.0 Å². The van der Waals surface area contributed by atoms with Gasteiger partial charge in [0.15, 0.2) is 33.2 Å². The summed E-state index contributed by atoms with van der Waals surface area (Å²) < 4.78 is 17.9. The Labute approximate surface area is 421 Å². The Balaban J connectivity index is 0.775. The molecule has 2 aromatic carbocycles. The molecule has 0 bridgehead atoms. The highest BCUT2D eigenvalue weighted by molar-refractivity contribution is 7.23. The lowest BCUT2D eigenvalue weighted by Crippen LogP contribution is -2.57. The first-order chi connectivity index (χ1) is 34.7. The van der Waals surface area contributed by atoms with Gasteiger partial charge in [-0.15, -0.1) is 0 Å². The molecule has 4 saturated heterocycles. The maximum atomic E-state index is 6.64. The van der Waals surface area contributed by atoms with Gasteiger partial charge < -0.3 is 34.0 Å². The van der Waals surface area contributed by atoms with E-state index in [-0.39, 0.29) is 12.1 Å². The summed E-state index contributed by atoms with van der Waals surface area (Å²) in [5, 5.41) is 11.9. The van der Waals surface area contributed by atoms with Crippen molar-refractivity contribution in [2.45, 2.75) is 51.8 Å². The second kappa shape index (κ2) is 19.5. The number of piperazine rings is 1. The van der Waals surface area contributed by atoms with Gasteiger partial charge in [-0.1, -0.05) is 70.2 Å². The Hall–Kier alpha value is -6.16. The van der Waals surface area contributed by atoms with Gasteiger partial charge in [0, 0.05) is 101 Å². The Bertz CT molecular complexity index is 3160. The molecule has 0 saturated carbocycles. The number of hydrogen-bond donors (Lipinski definition) is 0. The lowest BCUT2D eigenvalue weighted by atomic mass is 10.0. The third kappa shape index (κ3) is 9.32. The van der Waals surface area contributed by atoms with E-state index >= 15 is 0 Å². The largest absolute Gasteiger partial charge is 0.378 e. The fraction of sp³-hybridized carbons (Fsp3) is 0.451. The molecule has 0 radical (unpaired) electrons. The smallest absolute Gasteiger partial charge is 0.254 e. The Morgan fingerprint density at radius 1 is 0.592 bits per heavy atom. The van der Waals surface area contributed by atoms with E-state index in [9.17, 15) is 0 Å². The van der Waals surface area contributed by atoms with Crippen molar-refractivity contribution in [3.05, 3.63) is 84.2 Å². The van der Waals surface area contributed by atoms with E-state index in [1.54, 1.807) is 32.0 Å². The molecule has 368 valence electrons. The molecule has 0 amide bonds. The zero-order chi connectivity index (χ0) is 48.2. The molecular weight excluding hydrogens is 933 g/mol. The Morgan fingerprint density at radius 3 is 1.68 bits per heavy atom. The van der Waals surface area contributed by atoms with Crippen LogP contribution in [-0.4, -0.2) is 177 Å². The van der Waals surface area contributed by atoms with Crippen LogP contribution in [0.5, 0.6) is 0 Å². The number of thiazole rings is 2. The monoisotopic (exact) mass is 992 g/mol. The zero-order valence-corrected chi connectivity index (χ0v) is 42.7. The van der Waals surface area contributed by atoms with E-state index in [1.165, 1.54) is 11.1 Å². The Kier molecular flexibility index (Phi) is 12.6. The number of anilines is 4. The first kappa shape index (κ1) is 45.9. The summed E-state index contributed by atoms with van der Waals surface area (Å²) in [6, 6.07) is 21.6. The molecular formula is C51H60N16O2S2. The highest BCUT2D eigenvalue weighted by Crippen LogP contribution is 2.39. The van der Waals surface area contributed by atoms with Gasteiger partial charge in [0.25, 0.3) is 11.9 Å². The van der Waals surface area contributed by atoms with Gasteiger partial charge in [-0.2, -0.15) is 40.1 Å². The minimum atomic E-state index is -0.0280. The quantitative estimate of drug-likeness (QED) is 0.137. The van der Waals surface area contributed by atoms with E-state index in [1.807, 2.05) is 24.5 Å². The lowest BCUT2D eigenvalue weighted by Gasteiger charge is -2.43. The van der Waals surface area contributed by atoms with E-state index in [2.05, 4.69) is 113 Å². The van der Waals surface area contributed by atoms with E-state index < -0.39 is 0 Å². The van der Waals surface area contributed by atoms with Gasteiger partial charge in [-0.25, -0.2) is 9.36 Å². The maximum absolute atomic E-state index is 6.64. The molecule has 0 aliphatic carbocycles. The fourth-order valence-corrected chi connectivity index (χ4v) is 12.5. The van der Waals surface area contributed by atoms with E-state index in [0.717, 1.165) is 126 Å². The molecule has 2 atom stereocenters. The molecule has 20 heteroatoms. The number of rotatable bonds is 11. The molecule has 8 aromatic rings. The van der Waals surface area contributed by atoms with Crippen LogP contribution in [0, 0.1) is 13.8 Å². The molecule has 4 fully saturated rings. The first-order valence-corrected chi connectivity index (χ1v) is 26.5. The average molecular weight is 993 g/mol. The van der Waals surface area contributed by atoms with Crippen molar-refractivity contribution in [2.75, 3.05) is 119 Å². The van der Waals surface area contributed by atoms with Crippen LogP contribution in [-0.2, 0) is 9.47 Å². The molecule has 0 N–H and O–H groups in total. The van der Waals surface area contributed by atoms with E-state index in [4.69, 9.17) is 49.6 Å². The van der Waals surface area contributed by atoms with Crippen LogP contribution in [0.1, 0.15) is 30.9 Å². The number of hydrogen-bond acceptors (Lipinski definition) is 18. The van der Waals surface area contributed by atoms with Crippen LogP contribution in [0.25, 0.3) is 55.1 Å². The van der Waals surface area contributed by atoms with Crippen molar-refractivity contribution in [1.29, 1.82) is 0 Å². The van der Waals surface area contributed by atoms with Crippen LogP contribution in [0.4, 0.5) is 21.9 Å². The summed E-state index contributed by atoms with van der Waals surface area (Å²) in [6.07, 6.45) is 6.07. The number of morpholine rings is 2. The molecule has 18 nitrogen and oxygen atoms in total. The van der Waals surface area contributed by atoms with Crippen LogP contribution < -0.4 is 19.6 Å². The summed E-state index contributed by atoms with van der Waals surface area (Å²) >= 11 is 3.39. The van der Waals surface area contributed by atoms with Gasteiger partial charge in [-0.3, -0.25) is 4.90 Å². The van der Waals surface area contributed by atoms with Crippen molar-refractivity contribution in [2.24, 2.45) is 0 Å². The third-order valence-corrected chi connectivity index (χ3v) is 16.7. The van der Waals surface area contributed by atoms with Gasteiger partial charge in [0.2, 0.25) is 0 Å². The molecule has 6 aromatic heterocycles. The van der Waals surface area contributed by atoms with Crippen molar-refractivity contribution < 1.29 is 9.47 Å². The van der Waals surface area contributed by atoms with Crippen LogP contribution in [0.2, 0.25) is 0 Å². The summed E-state index contributed by atoms with van der Waals surface area (Å²) in [5.41, 5.74) is 7.66. The fourth-order valence-electron chi connectivity index (χ4n) is 10.3. The first-order valence-electron chi connectivity index (χ1n) is 24.9. The average Bonchev–Trinajstić information content (AvgIpc) is 4.25. The highest BCUT2D eigenvalue weighted by Gasteiger charge is 2.35. The predicted molar refractivity (Wildman–Crippen MR) is 282 cm³/mol. The second-order valence-electron chi connectivity index (χ2n) is 19.4. The topological polar surface area (TPSA) is 151 Å². The molecule has 2 unspecified atom stereocenters. The summed E-state index contributed by atoms with van der Waals surface area (Å²) in [4.78, 5) is 45.4. The van der Waals surface area contributed by atoms with Crippen molar-refractivity contribution in [1.82, 2.24) is 59.3 Å². The van der Waals surface area contributed by atoms with Crippen LogP contribution in [0.3, 0.4) is 0 Å². The normalized spacial score (nSPS) is 19.2. The zero-order valence-electron chi connectivity index (χ0n) is 41.1. The van der Waals surface area contributed by atoms with Crippen molar-refractivity contribution in [3.8, 4) is 34.4 Å². The molecule has 4 aliphatic heterocycles. The van der Waals surface area contributed by atoms with Crippen molar-refractivity contribution >= 4 is 65.3 Å². The van der Waals surface area contributed by atoms with Gasteiger partial charge in [0.1, 0.15) is 9.40 Å². The van der Waals surface area contributed by atoms with Gasteiger partial charge in [0.05, 0.1) is 37.3 Å². The van der Waals surface area contributed by atoms with E-state index in [0.29, 0.717) is 55.6 Å². The molecule has 71 heavy (non-hydrogen) atoms. The molecule has 10 heterocycles. The van der Waals surface area contributed by atoms with Gasteiger partial charge >= 0.3 is 0 Å². The number of aryl methyl sites for hydroxylation is 2. The number of fused-ring (bicyclic) bond motifs is 2. The number of ether oxygens (including phenoxy) is 2. The van der Waals surface area contributed by atoms with Crippen molar-refractivity contribution in [3.63, 3.8) is 0 Å². The number of piperidine rings is 1. The minimum absolute atomic E-state index is 0.0280. The molecule has 0 spiro atoms. The minimum Gasteiger partial charge on any atom is -0.378 e. The molecule has 12 rings (SSSR count). The van der Waals surface area contributed by atoms with Crippen LogP contribution in [0.15, 0.2) is 73.1 Å². The van der Waals surface area contributed by atoms with Crippen LogP contribution >= 0.6 is 22.7 Å². The Morgan fingerprint density at radius 2 is 1.13 bits per heavy atom.